The van der Waals surface area contributed by atoms with E-state index in [0.29, 0.717) is 37.6 Å². The molecule has 35 heavy (non-hydrogen) atoms. The van der Waals surface area contributed by atoms with Crippen LogP contribution in [0.3, 0.4) is 0 Å². The first-order valence-corrected chi connectivity index (χ1v) is 12.1. The molecule has 0 unspecified atom stereocenters. The number of piperazine rings is 1. The Morgan fingerprint density at radius 3 is 2.31 bits per heavy atom. The van der Waals surface area contributed by atoms with Gasteiger partial charge in [-0.25, -0.2) is 4.79 Å². The Morgan fingerprint density at radius 1 is 1.00 bits per heavy atom. The highest BCUT2D eigenvalue weighted by molar-refractivity contribution is 5.99. The van der Waals surface area contributed by atoms with Crippen molar-refractivity contribution in [2.24, 2.45) is 5.92 Å². The third-order valence-corrected chi connectivity index (χ3v) is 6.31. The van der Waals surface area contributed by atoms with Crippen molar-refractivity contribution in [2.75, 3.05) is 32.7 Å². The maximum absolute atomic E-state index is 14.0. The maximum Gasteiger partial charge on any atom is 0.333 e. The molecule has 184 valence electrons. The van der Waals surface area contributed by atoms with Crippen molar-refractivity contribution in [2.45, 2.75) is 27.3 Å². The van der Waals surface area contributed by atoms with Gasteiger partial charge in [-0.1, -0.05) is 62.4 Å². The molecule has 2 heterocycles. The van der Waals surface area contributed by atoms with E-state index >= 15 is 0 Å². The van der Waals surface area contributed by atoms with Gasteiger partial charge >= 0.3 is 5.69 Å². The van der Waals surface area contributed by atoms with Crippen LogP contribution in [0.25, 0.3) is 16.9 Å². The fourth-order valence-corrected chi connectivity index (χ4v) is 4.38. The molecule has 4 rings (SSSR count). The van der Waals surface area contributed by atoms with E-state index in [-0.39, 0.29) is 36.5 Å². The zero-order chi connectivity index (χ0) is 24.9. The summed E-state index contributed by atoms with van der Waals surface area (Å²) >= 11 is 0. The third-order valence-electron chi connectivity index (χ3n) is 6.31. The van der Waals surface area contributed by atoms with Crippen molar-refractivity contribution in [3.63, 3.8) is 0 Å². The number of imidazole rings is 1. The lowest BCUT2D eigenvalue weighted by atomic mass is 10.1. The van der Waals surface area contributed by atoms with E-state index in [1.54, 1.807) is 9.47 Å². The van der Waals surface area contributed by atoms with Crippen LogP contribution in [0.2, 0.25) is 0 Å². The minimum Gasteiger partial charge on any atom is -0.354 e. The van der Waals surface area contributed by atoms with Crippen LogP contribution in [0.4, 0.5) is 0 Å². The number of carbonyl (C=O) groups is 2. The first-order valence-electron chi connectivity index (χ1n) is 12.1. The van der Waals surface area contributed by atoms with Crippen LogP contribution in [-0.4, -0.2) is 58.6 Å². The number of amides is 2. The van der Waals surface area contributed by atoms with Crippen LogP contribution in [-0.2, 0) is 11.3 Å². The van der Waals surface area contributed by atoms with Crippen molar-refractivity contribution in [3.8, 4) is 16.9 Å². The predicted molar refractivity (Wildman–Crippen MR) is 137 cm³/mol. The minimum atomic E-state index is -0.296. The molecule has 1 aliphatic rings. The van der Waals surface area contributed by atoms with Gasteiger partial charge in [0.05, 0.1) is 11.4 Å². The number of benzene rings is 2. The van der Waals surface area contributed by atoms with Crippen LogP contribution in [0.15, 0.2) is 59.4 Å². The van der Waals surface area contributed by atoms with Gasteiger partial charge in [0, 0.05) is 50.7 Å². The summed E-state index contributed by atoms with van der Waals surface area (Å²) < 4.78 is 3.17. The van der Waals surface area contributed by atoms with Gasteiger partial charge in [-0.05, 0) is 18.6 Å². The van der Waals surface area contributed by atoms with Gasteiger partial charge in [0.15, 0.2) is 0 Å². The fraction of sp³-hybridized carbons (Fsp3) is 0.370. The summed E-state index contributed by atoms with van der Waals surface area (Å²) in [5.41, 5.74) is 3.08. The number of nitrogens with zero attached hydrogens (tertiary/aromatic N) is 3. The lowest BCUT2D eigenvalue weighted by molar-refractivity contribution is -0.124. The monoisotopic (exact) mass is 475 g/mol. The Hall–Kier alpha value is -3.65. The topological polar surface area (TPSA) is 88.4 Å². The third kappa shape index (κ3) is 5.07. The number of carbonyl (C=O) groups excluding carboxylic acids is 2. The van der Waals surface area contributed by atoms with Crippen molar-refractivity contribution in [3.05, 3.63) is 76.3 Å². The Kier molecular flexibility index (Phi) is 7.51. The van der Waals surface area contributed by atoms with E-state index in [0.717, 1.165) is 16.8 Å². The zero-order valence-corrected chi connectivity index (χ0v) is 20.6. The molecule has 0 aliphatic carbocycles. The summed E-state index contributed by atoms with van der Waals surface area (Å²) in [6, 6.07) is 17.2. The molecular formula is C27H33N5O3. The van der Waals surface area contributed by atoms with Crippen LogP contribution in [0, 0.1) is 12.8 Å². The molecule has 1 fully saturated rings. The number of nitrogens with one attached hydrogen (secondary N) is 2. The maximum atomic E-state index is 14.0. The number of hydrogen-bond donors (Lipinski definition) is 2. The van der Waals surface area contributed by atoms with E-state index in [2.05, 4.69) is 10.6 Å². The standard InChI is InChI=1S/C27H33N5O3/c1-19(2)25(33)29-15-18-31-24(26(34)30-16-13-28-14-17-30)23(21-10-5-4-6-11-21)32(27(31)35)22-12-8-7-9-20(22)3/h4-12,19,28H,13-18H2,1-3H3,(H,29,33). The Bertz CT molecular complexity index is 1250. The molecule has 2 aromatic carbocycles. The van der Waals surface area contributed by atoms with E-state index in [4.69, 9.17) is 0 Å². The second-order valence-electron chi connectivity index (χ2n) is 9.11. The van der Waals surface area contributed by atoms with Crippen molar-refractivity contribution >= 4 is 11.8 Å². The van der Waals surface area contributed by atoms with Gasteiger partial charge in [0.1, 0.15) is 5.69 Å². The smallest absolute Gasteiger partial charge is 0.333 e. The van der Waals surface area contributed by atoms with Crippen molar-refractivity contribution in [1.29, 1.82) is 0 Å². The lowest BCUT2D eigenvalue weighted by Crippen LogP contribution is -2.47. The van der Waals surface area contributed by atoms with E-state index in [9.17, 15) is 14.4 Å². The van der Waals surface area contributed by atoms with Gasteiger partial charge < -0.3 is 15.5 Å². The Labute approximate surface area is 205 Å². The molecule has 1 saturated heterocycles. The van der Waals surface area contributed by atoms with Crippen molar-refractivity contribution < 1.29 is 9.59 Å². The summed E-state index contributed by atoms with van der Waals surface area (Å²) in [6.45, 7) is 8.61. The molecule has 8 nitrogen and oxygen atoms in total. The second kappa shape index (κ2) is 10.7. The molecule has 2 N–H and O–H groups in total. The summed E-state index contributed by atoms with van der Waals surface area (Å²) in [4.78, 5) is 41.9. The van der Waals surface area contributed by atoms with E-state index in [1.165, 1.54) is 4.57 Å². The largest absolute Gasteiger partial charge is 0.354 e. The number of para-hydroxylation sites is 1. The van der Waals surface area contributed by atoms with Gasteiger partial charge in [0.25, 0.3) is 5.91 Å². The quantitative estimate of drug-likeness (QED) is 0.549. The summed E-state index contributed by atoms with van der Waals surface area (Å²) in [5.74, 6) is -0.426. The molecular weight excluding hydrogens is 442 g/mol. The number of hydrogen-bond acceptors (Lipinski definition) is 4. The van der Waals surface area contributed by atoms with Crippen LogP contribution >= 0.6 is 0 Å². The molecule has 0 atom stereocenters. The number of aromatic nitrogens is 2. The average Bonchev–Trinajstić information content (AvgIpc) is 3.16. The van der Waals surface area contributed by atoms with Gasteiger partial charge in [-0.15, -0.1) is 0 Å². The summed E-state index contributed by atoms with van der Waals surface area (Å²) in [6.07, 6.45) is 0. The molecule has 0 bridgehead atoms. The molecule has 0 radical (unpaired) electrons. The highest BCUT2D eigenvalue weighted by atomic mass is 16.2. The summed E-state index contributed by atoms with van der Waals surface area (Å²) in [5, 5.41) is 6.15. The predicted octanol–water partition coefficient (Wildman–Crippen LogP) is 2.43. The molecule has 2 amide bonds. The van der Waals surface area contributed by atoms with Crippen LogP contribution < -0.4 is 16.3 Å². The van der Waals surface area contributed by atoms with Crippen LogP contribution in [0.1, 0.15) is 29.9 Å². The van der Waals surface area contributed by atoms with Gasteiger partial charge in [0.2, 0.25) is 5.91 Å². The minimum absolute atomic E-state index is 0.0883. The molecule has 0 spiro atoms. The second-order valence-corrected chi connectivity index (χ2v) is 9.11. The number of rotatable bonds is 7. The molecule has 8 heteroatoms. The average molecular weight is 476 g/mol. The van der Waals surface area contributed by atoms with E-state index in [1.807, 2.05) is 75.4 Å². The first kappa shape index (κ1) is 24.5. The number of aryl methyl sites for hydroxylation is 1. The molecule has 3 aromatic rings. The van der Waals surface area contributed by atoms with Gasteiger partial charge in [-0.2, -0.15) is 0 Å². The Balaban J connectivity index is 1.92. The molecule has 1 aromatic heterocycles. The van der Waals surface area contributed by atoms with Crippen LogP contribution in [0.5, 0.6) is 0 Å². The highest BCUT2D eigenvalue weighted by Gasteiger charge is 2.31. The van der Waals surface area contributed by atoms with Gasteiger partial charge in [-0.3, -0.25) is 18.7 Å². The summed E-state index contributed by atoms with van der Waals surface area (Å²) in [7, 11) is 0. The lowest BCUT2D eigenvalue weighted by Gasteiger charge is -2.28. The molecule has 0 saturated carbocycles. The van der Waals surface area contributed by atoms with E-state index < -0.39 is 0 Å². The zero-order valence-electron chi connectivity index (χ0n) is 20.6. The molecule has 1 aliphatic heterocycles. The normalized spacial score (nSPS) is 13.8. The highest BCUT2D eigenvalue weighted by Crippen LogP contribution is 2.28. The fourth-order valence-electron chi connectivity index (χ4n) is 4.38. The van der Waals surface area contributed by atoms with Crippen molar-refractivity contribution in [1.82, 2.24) is 24.7 Å². The first-order chi connectivity index (χ1) is 16.9. The Morgan fingerprint density at radius 2 is 1.66 bits per heavy atom. The SMILES string of the molecule is Cc1ccccc1-n1c(-c2ccccc2)c(C(=O)N2CCNCC2)n(CCNC(=O)C(C)C)c1=O.